The molecule has 1 aromatic carbocycles. The largest absolute Gasteiger partial charge is 0.495 e. The highest BCUT2D eigenvalue weighted by Gasteiger charge is 2.41. The summed E-state index contributed by atoms with van der Waals surface area (Å²) in [5.41, 5.74) is 1.24. The first-order chi connectivity index (χ1) is 17.3. The number of methoxy groups -OCH3 is 1. The number of Topliss-reactive ketones (excluding diaryl/α,β-unsaturated/α-hetero) is 1. The number of likely N-dealkylation sites (tertiary alicyclic amines) is 1. The quantitative estimate of drug-likeness (QED) is 0.472. The molecule has 3 heterocycles. The Morgan fingerprint density at radius 2 is 1.97 bits per heavy atom. The molecule has 1 spiro atoms. The van der Waals surface area contributed by atoms with Crippen molar-refractivity contribution in [3.63, 3.8) is 0 Å². The number of aldehydes is 1. The highest BCUT2D eigenvalue weighted by molar-refractivity contribution is 8.04. The average Bonchev–Trinajstić information content (AvgIpc) is 3.23. The Bertz CT molecular complexity index is 1190. The highest BCUT2D eigenvalue weighted by atomic mass is 32.2. The van der Waals surface area contributed by atoms with E-state index in [1.165, 1.54) is 11.3 Å². The van der Waals surface area contributed by atoms with Gasteiger partial charge in [0.2, 0.25) is 0 Å². The number of amides is 2. The molecular weight excluding hydrogens is 494 g/mol. The van der Waals surface area contributed by atoms with E-state index in [2.05, 4.69) is 35.7 Å². The number of thioether (sulfide) groups is 1. The van der Waals surface area contributed by atoms with Gasteiger partial charge in [-0.2, -0.15) is 0 Å². The van der Waals surface area contributed by atoms with Crippen LogP contribution in [0.25, 0.3) is 10.1 Å². The first kappa shape index (κ1) is 27.7. The van der Waals surface area contributed by atoms with E-state index in [4.69, 9.17) is 4.74 Å². The number of benzene rings is 1. The van der Waals surface area contributed by atoms with Crippen molar-refractivity contribution in [2.24, 2.45) is 0 Å². The fraction of sp³-hybridized carbons (Fsp3) is 0.370. The molecule has 9 heteroatoms. The number of thiophene rings is 1. The number of allylic oxidation sites excluding steroid dienone is 3. The third-order valence-corrected chi connectivity index (χ3v) is 9.03. The molecule has 2 amide bonds. The molecule has 4 rings (SSSR count). The van der Waals surface area contributed by atoms with Crippen LogP contribution in [0.4, 0.5) is 9.80 Å². The second-order valence-corrected chi connectivity index (χ2v) is 11.2. The molecule has 1 fully saturated rings. The Morgan fingerprint density at radius 3 is 2.56 bits per heavy atom. The van der Waals surface area contributed by atoms with Gasteiger partial charge in [-0.05, 0) is 46.0 Å². The summed E-state index contributed by atoms with van der Waals surface area (Å²) in [5, 5.41) is 6.62. The van der Waals surface area contributed by atoms with Gasteiger partial charge in [0.05, 0.1) is 17.4 Å². The molecule has 0 bridgehead atoms. The van der Waals surface area contributed by atoms with Gasteiger partial charge in [-0.3, -0.25) is 14.9 Å². The Morgan fingerprint density at radius 1 is 1.25 bits per heavy atom. The average molecular weight is 528 g/mol. The van der Waals surface area contributed by atoms with E-state index in [9.17, 15) is 14.4 Å². The molecule has 2 aliphatic rings. The summed E-state index contributed by atoms with van der Waals surface area (Å²) in [6.07, 6.45) is 7.06. The molecule has 36 heavy (non-hydrogen) atoms. The number of anilines is 1. The number of rotatable bonds is 6. The Labute approximate surface area is 220 Å². The third-order valence-electron chi connectivity index (χ3n) is 6.28. The Balaban J connectivity index is 0.000000202. The first-order valence-electron chi connectivity index (χ1n) is 11.8. The number of nitrogens with zero attached hydrogens (tertiary/aromatic N) is 1. The SMILES string of the molecule is C=CC1=C(C=C)C(=O)CC2(CCN(C)CC2)S1.CCNC(=O)Nc1sc2c(OC)cccc2c1C=O. The first-order valence-corrected chi connectivity index (χ1v) is 13.4. The van der Waals surface area contributed by atoms with E-state index in [0.29, 0.717) is 29.3 Å². The van der Waals surface area contributed by atoms with Crippen LogP contribution < -0.4 is 15.4 Å². The number of piperidine rings is 1. The molecule has 2 N–H and O–H groups in total. The van der Waals surface area contributed by atoms with Gasteiger partial charge < -0.3 is 15.0 Å². The van der Waals surface area contributed by atoms with E-state index in [-0.39, 0.29) is 16.6 Å². The molecule has 2 aliphatic heterocycles. The zero-order valence-electron chi connectivity index (χ0n) is 21.0. The zero-order valence-corrected chi connectivity index (χ0v) is 22.7. The maximum atomic E-state index is 12.1. The standard InChI is InChI=1S/C14H19NOS.C13H14N2O3S/c1-4-11-12(16)10-14(17-13(11)5-2)6-8-15(3)9-7-14;1-3-14-13(17)15-12-9(7-16)8-5-4-6-10(18-2)11(8)19-12/h4-5H,1-2,6-10H2,3H3;4-7H,3H2,1-2H3,(H2,14,15,17). The number of fused-ring (bicyclic) bond motifs is 1. The number of hydrogen-bond acceptors (Lipinski definition) is 7. The molecule has 0 aliphatic carbocycles. The summed E-state index contributed by atoms with van der Waals surface area (Å²) >= 11 is 3.16. The Hall–Kier alpha value is -2.88. The van der Waals surface area contributed by atoms with Gasteiger partial charge >= 0.3 is 6.03 Å². The highest BCUT2D eigenvalue weighted by Crippen LogP contribution is 2.48. The number of nitrogens with one attached hydrogen (secondary N) is 2. The van der Waals surface area contributed by atoms with Gasteiger partial charge in [0.1, 0.15) is 10.8 Å². The van der Waals surface area contributed by atoms with Crippen molar-refractivity contribution >= 4 is 56.3 Å². The third kappa shape index (κ3) is 6.08. The lowest BCUT2D eigenvalue weighted by Crippen LogP contribution is -2.43. The van der Waals surface area contributed by atoms with Crippen LogP contribution in [0.5, 0.6) is 5.75 Å². The van der Waals surface area contributed by atoms with Crippen molar-refractivity contribution in [1.82, 2.24) is 10.2 Å². The smallest absolute Gasteiger partial charge is 0.319 e. The number of carbonyl (C=O) groups excluding carboxylic acids is 3. The summed E-state index contributed by atoms with van der Waals surface area (Å²) < 4.78 is 6.22. The van der Waals surface area contributed by atoms with Crippen LogP contribution in [-0.2, 0) is 4.79 Å². The van der Waals surface area contributed by atoms with Gasteiger partial charge in [-0.25, -0.2) is 4.79 Å². The minimum absolute atomic E-state index is 0.111. The van der Waals surface area contributed by atoms with E-state index in [1.54, 1.807) is 19.3 Å². The number of ether oxygens (including phenoxy) is 1. The summed E-state index contributed by atoms with van der Waals surface area (Å²) in [6, 6.07) is 5.15. The summed E-state index contributed by atoms with van der Waals surface area (Å²) in [6.45, 7) is 12.1. The van der Waals surface area contributed by atoms with Crippen LogP contribution in [-0.4, -0.2) is 61.5 Å². The topological polar surface area (TPSA) is 87.7 Å². The maximum Gasteiger partial charge on any atom is 0.319 e. The molecule has 0 saturated carbocycles. The second kappa shape index (κ2) is 12.4. The predicted octanol–water partition coefficient (Wildman–Crippen LogP) is 5.65. The number of ketones is 1. The number of urea groups is 1. The van der Waals surface area contributed by atoms with Crippen LogP contribution in [0.15, 0.2) is 54.0 Å². The van der Waals surface area contributed by atoms with E-state index in [0.717, 1.165) is 52.8 Å². The van der Waals surface area contributed by atoms with Gasteiger partial charge in [0, 0.05) is 33.6 Å². The van der Waals surface area contributed by atoms with Crippen LogP contribution >= 0.6 is 23.1 Å². The fourth-order valence-corrected chi connectivity index (χ4v) is 6.91. The van der Waals surface area contributed by atoms with Crippen molar-refractivity contribution in [3.8, 4) is 5.75 Å². The van der Waals surface area contributed by atoms with Gasteiger partial charge in [0.25, 0.3) is 0 Å². The minimum atomic E-state index is -0.323. The van der Waals surface area contributed by atoms with Crippen LogP contribution in [0, 0.1) is 0 Å². The van der Waals surface area contributed by atoms with Gasteiger partial charge in [0.15, 0.2) is 12.1 Å². The van der Waals surface area contributed by atoms with E-state index < -0.39 is 0 Å². The molecule has 7 nitrogen and oxygen atoms in total. The molecule has 1 aromatic heterocycles. The van der Waals surface area contributed by atoms with Gasteiger partial charge in [-0.15, -0.1) is 23.1 Å². The van der Waals surface area contributed by atoms with Crippen molar-refractivity contribution in [3.05, 3.63) is 59.6 Å². The molecule has 0 unspecified atom stereocenters. The summed E-state index contributed by atoms with van der Waals surface area (Å²) in [7, 11) is 3.72. The molecule has 2 aromatic rings. The zero-order chi connectivity index (χ0) is 26.3. The number of carbonyl (C=O) groups is 3. The molecular formula is C27H33N3O4S2. The lowest BCUT2D eigenvalue weighted by molar-refractivity contribution is -0.116. The summed E-state index contributed by atoms with van der Waals surface area (Å²) in [4.78, 5) is 38.3. The number of hydrogen-bond donors (Lipinski definition) is 2. The van der Waals surface area contributed by atoms with Crippen molar-refractivity contribution in [2.75, 3.05) is 39.1 Å². The minimum Gasteiger partial charge on any atom is -0.495 e. The van der Waals surface area contributed by atoms with E-state index in [1.807, 2.05) is 36.9 Å². The van der Waals surface area contributed by atoms with Crippen molar-refractivity contribution in [1.29, 1.82) is 0 Å². The van der Waals surface area contributed by atoms with Crippen molar-refractivity contribution < 1.29 is 19.1 Å². The lowest BCUT2D eigenvalue weighted by atomic mass is 9.88. The second-order valence-electron chi connectivity index (χ2n) is 8.66. The monoisotopic (exact) mass is 527 g/mol. The van der Waals surface area contributed by atoms with Crippen LogP contribution in [0.2, 0.25) is 0 Å². The molecule has 0 radical (unpaired) electrons. The lowest BCUT2D eigenvalue weighted by Gasteiger charge is -2.42. The maximum absolute atomic E-state index is 12.1. The van der Waals surface area contributed by atoms with Gasteiger partial charge in [-0.1, -0.05) is 37.4 Å². The fourth-order valence-electron chi connectivity index (χ4n) is 4.31. The van der Waals surface area contributed by atoms with E-state index >= 15 is 0 Å². The van der Waals surface area contributed by atoms with Crippen LogP contribution in [0.3, 0.4) is 0 Å². The summed E-state index contributed by atoms with van der Waals surface area (Å²) in [5.74, 6) is 0.924. The van der Waals surface area contributed by atoms with Crippen LogP contribution in [0.1, 0.15) is 36.5 Å². The molecule has 0 atom stereocenters. The Kier molecular flexibility index (Phi) is 9.53. The normalized spacial score (nSPS) is 17.2. The van der Waals surface area contributed by atoms with Crippen molar-refractivity contribution in [2.45, 2.75) is 30.9 Å². The molecule has 1 saturated heterocycles. The molecule has 192 valence electrons. The predicted molar refractivity (Wildman–Crippen MR) is 151 cm³/mol.